The number of nitrogens with one attached hydrogen (secondary N) is 1. The van der Waals surface area contributed by atoms with Crippen molar-refractivity contribution in [3.8, 4) is 0 Å². The van der Waals surface area contributed by atoms with E-state index in [0.29, 0.717) is 26.1 Å². The normalized spacial score (nSPS) is 15.2. The van der Waals surface area contributed by atoms with Gasteiger partial charge in [0.25, 0.3) is 5.91 Å². The molecule has 23 heavy (non-hydrogen) atoms. The summed E-state index contributed by atoms with van der Waals surface area (Å²) < 4.78 is 29.8. The number of aromatic nitrogens is 1. The molecule has 0 atom stereocenters. The van der Waals surface area contributed by atoms with Crippen LogP contribution < -0.4 is 5.32 Å². The van der Waals surface area contributed by atoms with E-state index in [-0.39, 0.29) is 11.7 Å². The number of pyridine rings is 1. The van der Waals surface area contributed by atoms with Gasteiger partial charge in [0, 0.05) is 32.0 Å². The first-order chi connectivity index (χ1) is 10.9. The standard InChI is InChI=1S/C15H17N3O4S/c1-23(20,21)18-5-4-13-11(7-16-8-12(13)10-18)9-17-15(19)14-3-2-6-22-14/h2-3,6-8H,4-5,9-10H2,1H3,(H,17,19). The van der Waals surface area contributed by atoms with E-state index in [9.17, 15) is 13.2 Å². The molecule has 0 saturated heterocycles. The number of rotatable bonds is 4. The van der Waals surface area contributed by atoms with Crippen molar-refractivity contribution in [2.24, 2.45) is 0 Å². The van der Waals surface area contributed by atoms with Crippen LogP contribution in [0.3, 0.4) is 0 Å². The molecular weight excluding hydrogens is 318 g/mol. The van der Waals surface area contributed by atoms with Gasteiger partial charge in [-0.15, -0.1) is 0 Å². The second-order valence-corrected chi connectivity index (χ2v) is 7.43. The molecule has 0 radical (unpaired) electrons. The minimum atomic E-state index is -3.21. The maximum absolute atomic E-state index is 11.9. The third kappa shape index (κ3) is 3.43. The van der Waals surface area contributed by atoms with Crippen molar-refractivity contribution in [2.45, 2.75) is 19.5 Å². The number of sulfonamides is 1. The summed E-state index contributed by atoms with van der Waals surface area (Å²) in [5.41, 5.74) is 2.83. The lowest BCUT2D eigenvalue weighted by Gasteiger charge is -2.27. The highest BCUT2D eigenvalue weighted by Gasteiger charge is 2.25. The molecule has 0 saturated carbocycles. The Morgan fingerprint density at radius 1 is 1.43 bits per heavy atom. The van der Waals surface area contributed by atoms with Crippen molar-refractivity contribution in [2.75, 3.05) is 12.8 Å². The molecular formula is C15H17N3O4S. The SMILES string of the molecule is CS(=O)(=O)N1CCc2c(CNC(=O)c3ccco3)cncc2C1. The minimum absolute atomic E-state index is 0.256. The van der Waals surface area contributed by atoms with Crippen molar-refractivity contribution >= 4 is 15.9 Å². The molecule has 3 rings (SSSR count). The summed E-state index contributed by atoms with van der Waals surface area (Å²) in [6.07, 6.45) is 6.65. The van der Waals surface area contributed by atoms with E-state index in [1.54, 1.807) is 24.5 Å². The van der Waals surface area contributed by atoms with Crippen molar-refractivity contribution in [1.29, 1.82) is 0 Å². The van der Waals surface area contributed by atoms with Gasteiger partial charge in [-0.3, -0.25) is 9.78 Å². The fraction of sp³-hybridized carbons (Fsp3) is 0.333. The Hall–Kier alpha value is -2.19. The van der Waals surface area contributed by atoms with E-state index in [0.717, 1.165) is 16.7 Å². The number of hydrogen-bond donors (Lipinski definition) is 1. The van der Waals surface area contributed by atoms with Gasteiger partial charge >= 0.3 is 0 Å². The Labute approximate surface area is 134 Å². The first-order valence-corrected chi connectivity index (χ1v) is 9.01. The first kappa shape index (κ1) is 15.7. The van der Waals surface area contributed by atoms with Gasteiger partial charge in [-0.05, 0) is 35.2 Å². The average Bonchev–Trinajstić information content (AvgIpc) is 3.05. The Morgan fingerprint density at radius 3 is 2.96 bits per heavy atom. The number of fused-ring (bicyclic) bond motifs is 1. The Morgan fingerprint density at radius 2 is 2.26 bits per heavy atom. The van der Waals surface area contributed by atoms with E-state index in [4.69, 9.17) is 4.42 Å². The van der Waals surface area contributed by atoms with Crippen LogP contribution in [-0.4, -0.2) is 36.4 Å². The van der Waals surface area contributed by atoms with Crippen LogP contribution in [-0.2, 0) is 29.5 Å². The predicted molar refractivity (Wildman–Crippen MR) is 83.1 cm³/mol. The molecule has 0 unspecified atom stereocenters. The highest BCUT2D eigenvalue weighted by Crippen LogP contribution is 2.23. The van der Waals surface area contributed by atoms with Gasteiger partial charge in [-0.25, -0.2) is 8.42 Å². The van der Waals surface area contributed by atoms with Crippen molar-refractivity contribution < 1.29 is 17.6 Å². The van der Waals surface area contributed by atoms with Gasteiger partial charge < -0.3 is 9.73 Å². The summed E-state index contributed by atoms with van der Waals surface area (Å²) in [5.74, 6) is -0.0350. The Kier molecular flexibility index (Phi) is 4.18. The van der Waals surface area contributed by atoms with Gasteiger partial charge in [-0.1, -0.05) is 0 Å². The largest absolute Gasteiger partial charge is 0.459 e. The van der Waals surface area contributed by atoms with Crippen LogP contribution in [0, 0.1) is 0 Å². The predicted octanol–water partition coefficient (Wildman–Crippen LogP) is 0.922. The van der Waals surface area contributed by atoms with Crippen LogP contribution in [0.25, 0.3) is 0 Å². The zero-order valence-corrected chi connectivity index (χ0v) is 13.5. The number of furan rings is 1. The molecule has 1 N–H and O–H groups in total. The molecule has 0 spiro atoms. The molecule has 0 aromatic carbocycles. The fourth-order valence-electron chi connectivity index (χ4n) is 2.65. The summed E-state index contributed by atoms with van der Waals surface area (Å²) in [5, 5.41) is 2.79. The zero-order valence-electron chi connectivity index (χ0n) is 12.7. The van der Waals surface area contributed by atoms with Crippen molar-refractivity contribution in [3.05, 3.63) is 53.2 Å². The lowest BCUT2D eigenvalue weighted by atomic mass is 9.98. The number of hydrogen-bond acceptors (Lipinski definition) is 5. The minimum Gasteiger partial charge on any atom is -0.459 e. The van der Waals surface area contributed by atoms with Gasteiger partial charge in [0.2, 0.25) is 10.0 Å². The van der Waals surface area contributed by atoms with Crippen LogP contribution >= 0.6 is 0 Å². The molecule has 0 fully saturated rings. The topological polar surface area (TPSA) is 92.5 Å². The maximum atomic E-state index is 11.9. The molecule has 2 aromatic rings. The molecule has 8 heteroatoms. The average molecular weight is 335 g/mol. The van der Waals surface area contributed by atoms with Crippen LogP contribution in [0.2, 0.25) is 0 Å². The first-order valence-electron chi connectivity index (χ1n) is 7.16. The molecule has 2 aromatic heterocycles. The van der Waals surface area contributed by atoms with Crippen molar-refractivity contribution in [3.63, 3.8) is 0 Å². The van der Waals surface area contributed by atoms with Crippen LogP contribution in [0.1, 0.15) is 27.2 Å². The van der Waals surface area contributed by atoms with Gasteiger partial charge in [0.05, 0.1) is 12.5 Å². The van der Waals surface area contributed by atoms with E-state index in [1.807, 2.05) is 0 Å². The number of carbonyl (C=O) groups is 1. The summed E-state index contributed by atoms with van der Waals surface area (Å²) in [7, 11) is -3.21. The van der Waals surface area contributed by atoms with Crippen molar-refractivity contribution in [1.82, 2.24) is 14.6 Å². The van der Waals surface area contributed by atoms with Crippen LogP contribution in [0.4, 0.5) is 0 Å². The smallest absolute Gasteiger partial charge is 0.287 e. The van der Waals surface area contributed by atoms with Crippen LogP contribution in [0.15, 0.2) is 35.2 Å². The lowest BCUT2D eigenvalue weighted by Crippen LogP contribution is -2.36. The molecule has 1 amide bonds. The summed E-state index contributed by atoms with van der Waals surface area (Å²) in [6.45, 7) is 1.09. The molecule has 1 aliphatic heterocycles. The second kappa shape index (κ2) is 6.13. The van der Waals surface area contributed by atoms with Gasteiger partial charge in [-0.2, -0.15) is 4.31 Å². The summed E-state index contributed by atoms with van der Waals surface area (Å²) >= 11 is 0. The molecule has 1 aliphatic rings. The molecule has 0 aliphatic carbocycles. The summed E-state index contributed by atoms with van der Waals surface area (Å²) in [6, 6.07) is 3.25. The lowest BCUT2D eigenvalue weighted by molar-refractivity contribution is 0.0923. The molecule has 3 heterocycles. The van der Waals surface area contributed by atoms with E-state index >= 15 is 0 Å². The quantitative estimate of drug-likeness (QED) is 0.897. The maximum Gasteiger partial charge on any atom is 0.287 e. The van der Waals surface area contributed by atoms with Gasteiger partial charge in [0.15, 0.2) is 5.76 Å². The van der Waals surface area contributed by atoms with E-state index < -0.39 is 10.0 Å². The summed E-state index contributed by atoms with van der Waals surface area (Å²) in [4.78, 5) is 16.1. The highest BCUT2D eigenvalue weighted by atomic mass is 32.2. The number of nitrogens with zero attached hydrogens (tertiary/aromatic N) is 2. The van der Waals surface area contributed by atoms with E-state index in [2.05, 4.69) is 10.3 Å². The van der Waals surface area contributed by atoms with Gasteiger partial charge in [0.1, 0.15) is 0 Å². The Balaban J connectivity index is 1.74. The van der Waals surface area contributed by atoms with E-state index in [1.165, 1.54) is 16.8 Å². The monoisotopic (exact) mass is 335 g/mol. The second-order valence-electron chi connectivity index (χ2n) is 5.44. The third-order valence-corrected chi connectivity index (χ3v) is 5.10. The Bertz CT molecular complexity index is 815. The fourth-order valence-corrected chi connectivity index (χ4v) is 3.44. The number of carbonyl (C=O) groups excluding carboxylic acids is 1. The number of amides is 1. The molecule has 7 nitrogen and oxygen atoms in total. The zero-order chi connectivity index (χ0) is 16.4. The molecule has 0 bridgehead atoms. The highest BCUT2D eigenvalue weighted by molar-refractivity contribution is 7.88. The third-order valence-electron chi connectivity index (χ3n) is 3.85. The van der Waals surface area contributed by atoms with Crippen LogP contribution in [0.5, 0.6) is 0 Å². The molecule has 122 valence electrons.